The normalized spacial score (nSPS) is 41.2. The Morgan fingerprint density at radius 2 is 2.07 bits per heavy atom. The van der Waals surface area contributed by atoms with Gasteiger partial charge in [0, 0.05) is 19.2 Å². The minimum Gasteiger partial charge on any atom is -0.380 e. The van der Waals surface area contributed by atoms with Gasteiger partial charge in [-0.3, -0.25) is 0 Å². The molecule has 0 radical (unpaired) electrons. The van der Waals surface area contributed by atoms with E-state index in [0.717, 1.165) is 12.0 Å². The molecule has 0 heterocycles. The first kappa shape index (κ1) is 11.4. The summed E-state index contributed by atoms with van der Waals surface area (Å²) in [5, 5.41) is 3.82. The van der Waals surface area contributed by atoms with Gasteiger partial charge in [-0.2, -0.15) is 0 Å². The molecule has 2 heteroatoms. The fraction of sp³-hybridized carbons (Fsp3) is 1.00. The average Bonchev–Trinajstić information content (AvgIpc) is 2.87. The zero-order valence-corrected chi connectivity index (χ0v) is 10.2. The van der Waals surface area contributed by atoms with E-state index >= 15 is 0 Å². The zero-order chi connectivity index (χ0) is 10.7. The monoisotopic (exact) mass is 211 g/mol. The van der Waals surface area contributed by atoms with Crippen LogP contribution >= 0.6 is 0 Å². The Morgan fingerprint density at radius 1 is 1.20 bits per heavy atom. The molecule has 0 aliphatic heterocycles. The molecule has 4 unspecified atom stereocenters. The fourth-order valence-corrected chi connectivity index (χ4v) is 3.30. The fourth-order valence-electron chi connectivity index (χ4n) is 3.30. The SMILES string of the molecule is CCC1CCC(NC2CCCC2OC)C1. The molecule has 0 spiro atoms. The molecular weight excluding hydrogens is 186 g/mol. The van der Waals surface area contributed by atoms with E-state index in [9.17, 15) is 0 Å². The predicted octanol–water partition coefficient (Wildman–Crippen LogP) is 2.72. The second-order valence-electron chi connectivity index (χ2n) is 5.26. The van der Waals surface area contributed by atoms with Crippen LogP contribution in [0.25, 0.3) is 0 Å². The summed E-state index contributed by atoms with van der Waals surface area (Å²) in [7, 11) is 1.86. The molecule has 0 saturated heterocycles. The van der Waals surface area contributed by atoms with E-state index in [4.69, 9.17) is 4.74 Å². The second kappa shape index (κ2) is 5.31. The highest BCUT2D eigenvalue weighted by molar-refractivity contribution is 4.89. The van der Waals surface area contributed by atoms with Crippen molar-refractivity contribution in [2.45, 2.75) is 70.1 Å². The summed E-state index contributed by atoms with van der Waals surface area (Å²) in [5.41, 5.74) is 0. The summed E-state index contributed by atoms with van der Waals surface area (Å²) in [5.74, 6) is 0.977. The molecule has 2 saturated carbocycles. The van der Waals surface area contributed by atoms with Gasteiger partial charge in [-0.25, -0.2) is 0 Å². The Bertz CT molecular complexity index is 195. The van der Waals surface area contributed by atoms with Crippen molar-refractivity contribution in [1.29, 1.82) is 0 Å². The molecule has 15 heavy (non-hydrogen) atoms. The summed E-state index contributed by atoms with van der Waals surface area (Å²) in [6.07, 6.45) is 9.93. The van der Waals surface area contributed by atoms with Gasteiger partial charge in [-0.1, -0.05) is 13.3 Å². The van der Waals surface area contributed by atoms with Crippen LogP contribution in [0.5, 0.6) is 0 Å². The Balaban J connectivity index is 1.77. The molecule has 0 amide bonds. The third kappa shape index (κ3) is 2.73. The summed E-state index contributed by atoms with van der Waals surface area (Å²) >= 11 is 0. The number of nitrogens with one attached hydrogen (secondary N) is 1. The summed E-state index contributed by atoms with van der Waals surface area (Å²) in [6, 6.07) is 1.41. The smallest absolute Gasteiger partial charge is 0.0724 e. The largest absolute Gasteiger partial charge is 0.380 e. The number of methoxy groups -OCH3 is 1. The van der Waals surface area contributed by atoms with Gasteiger partial charge in [0.05, 0.1) is 6.10 Å². The predicted molar refractivity (Wildman–Crippen MR) is 63.0 cm³/mol. The average molecular weight is 211 g/mol. The molecule has 0 aromatic rings. The van der Waals surface area contributed by atoms with Crippen LogP contribution in [0.2, 0.25) is 0 Å². The molecular formula is C13H25NO. The molecule has 2 rings (SSSR count). The van der Waals surface area contributed by atoms with Crippen molar-refractivity contribution in [2.24, 2.45) is 5.92 Å². The lowest BCUT2D eigenvalue weighted by atomic mass is 10.1. The van der Waals surface area contributed by atoms with Crippen LogP contribution in [0.1, 0.15) is 51.9 Å². The topological polar surface area (TPSA) is 21.3 Å². The molecule has 88 valence electrons. The third-order valence-corrected chi connectivity index (χ3v) is 4.32. The van der Waals surface area contributed by atoms with E-state index in [0.29, 0.717) is 12.1 Å². The van der Waals surface area contributed by atoms with Crippen LogP contribution in [0, 0.1) is 5.92 Å². The molecule has 2 aliphatic carbocycles. The second-order valence-corrected chi connectivity index (χ2v) is 5.26. The highest BCUT2D eigenvalue weighted by atomic mass is 16.5. The van der Waals surface area contributed by atoms with Gasteiger partial charge in [0.25, 0.3) is 0 Å². The first-order chi connectivity index (χ1) is 7.33. The van der Waals surface area contributed by atoms with Crippen molar-refractivity contribution >= 4 is 0 Å². The van der Waals surface area contributed by atoms with E-state index in [1.165, 1.54) is 44.9 Å². The maximum atomic E-state index is 5.52. The number of ether oxygens (including phenoxy) is 1. The number of hydrogen-bond donors (Lipinski definition) is 1. The Kier molecular flexibility index (Phi) is 4.04. The molecule has 2 aliphatic rings. The molecule has 4 atom stereocenters. The first-order valence-corrected chi connectivity index (χ1v) is 6.62. The van der Waals surface area contributed by atoms with Crippen LogP contribution in [0.15, 0.2) is 0 Å². The lowest BCUT2D eigenvalue weighted by molar-refractivity contribution is 0.0813. The first-order valence-electron chi connectivity index (χ1n) is 6.62. The Hall–Kier alpha value is -0.0800. The van der Waals surface area contributed by atoms with E-state index in [2.05, 4.69) is 12.2 Å². The van der Waals surface area contributed by atoms with Crippen LogP contribution < -0.4 is 5.32 Å². The highest BCUT2D eigenvalue weighted by Gasteiger charge is 2.31. The zero-order valence-electron chi connectivity index (χ0n) is 10.2. The number of hydrogen-bond acceptors (Lipinski definition) is 2. The van der Waals surface area contributed by atoms with Gasteiger partial charge in [0.1, 0.15) is 0 Å². The summed E-state index contributed by atoms with van der Waals surface area (Å²) in [6.45, 7) is 2.32. The van der Waals surface area contributed by atoms with Gasteiger partial charge in [0.15, 0.2) is 0 Å². The van der Waals surface area contributed by atoms with E-state index in [1.54, 1.807) is 0 Å². The Morgan fingerprint density at radius 3 is 2.73 bits per heavy atom. The maximum Gasteiger partial charge on any atom is 0.0724 e. The van der Waals surface area contributed by atoms with Crippen LogP contribution in [-0.2, 0) is 4.74 Å². The molecule has 0 bridgehead atoms. The third-order valence-electron chi connectivity index (χ3n) is 4.32. The van der Waals surface area contributed by atoms with Gasteiger partial charge < -0.3 is 10.1 Å². The van der Waals surface area contributed by atoms with Crippen molar-refractivity contribution in [3.63, 3.8) is 0 Å². The summed E-state index contributed by atoms with van der Waals surface area (Å²) in [4.78, 5) is 0. The van der Waals surface area contributed by atoms with Gasteiger partial charge in [-0.15, -0.1) is 0 Å². The van der Waals surface area contributed by atoms with Crippen molar-refractivity contribution in [2.75, 3.05) is 7.11 Å². The standard InChI is InChI=1S/C13H25NO/c1-3-10-7-8-11(9-10)14-12-5-4-6-13(12)15-2/h10-14H,3-9H2,1-2H3. The van der Waals surface area contributed by atoms with Crippen molar-refractivity contribution in [3.8, 4) is 0 Å². The summed E-state index contributed by atoms with van der Waals surface area (Å²) < 4.78 is 5.52. The minimum absolute atomic E-state index is 0.477. The van der Waals surface area contributed by atoms with Gasteiger partial charge in [0.2, 0.25) is 0 Å². The minimum atomic E-state index is 0.477. The lowest BCUT2D eigenvalue weighted by Crippen LogP contribution is -2.42. The van der Waals surface area contributed by atoms with Crippen molar-refractivity contribution in [1.82, 2.24) is 5.32 Å². The molecule has 0 aromatic carbocycles. The Labute approximate surface area is 93.8 Å². The van der Waals surface area contributed by atoms with Crippen molar-refractivity contribution < 1.29 is 4.74 Å². The molecule has 1 N–H and O–H groups in total. The maximum absolute atomic E-state index is 5.52. The van der Waals surface area contributed by atoms with E-state index < -0.39 is 0 Å². The molecule has 2 fully saturated rings. The van der Waals surface area contributed by atoms with E-state index in [-0.39, 0.29) is 0 Å². The number of rotatable bonds is 4. The molecule has 0 aromatic heterocycles. The highest BCUT2D eigenvalue weighted by Crippen LogP contribution is 2.30. The molecule has 2 nitrogen and oxygen atoms in total. The van der Waals surface area contributed by atoms with Crippen molar-refractivity contribution in [3.05, 3.63) is 0 Å². The quantitative estimate of drug-likeness (QED) is 0.772. The lowest BCUT2D eigenvalue weighted by Gasteiger charge is -2.24. The van der Waals surface area contributed by atoms with E-state index in [1.807, 2.05) is 7.11 Å². The van der Waals surface area contributed by atoms with Gasteiger partial charge in [-0.05, 0) is 44.4 Å². The van der Waals surface area contributed by atoms with Crippen LogP contribution in [-0.4, -0.2) is 25.3 Å². The van der Waals surface area contributed by atoms with Crippen LogP contribution in [0.4, 0.5) is 0 Å². The van der Waals surface area contributed by atoms with Gasteiger partial charge >= 0.3 is 0 Å². The van der Waals surface area contributed by atoms with Crippen LogP contribution in [0.3, 0.4) is 0 Å².